The maximum absolute atomic E-state index is 11.0. The standard InChI is InChI=1S/C9H8N2O5/c1-4(12)5-2-6(9(10)14)8(13)7(3-5)11(15)16/h2-3,13H,1H3,(H2,10,14). The Labute approximate surface area is 89.6 Å². The van der Waals surface area contributed by atoms with Crippen molar-refractivity contribution < 1.29 is 19.6 Å². The highest BCUT2D eigenvalue weighted by Crippen LogP contribution is 2.31. The lowest BCUT2D eigenvalue weighted by molar-refractivity contribution is -0.385. The van der Waals surface area contributed by atoms with Gasteiger partial charge >= 0.3 is 5.69 Å². The molecule has 0 unspecified atom stereocenters. The van der Waals surface area contributed by atoms with Crippen LogP contribution < -0.4 is 5.73 Å². The molecule has 0 fully saturated rings. The minimum Gasteiger partial charge on any atom is -0.502 e. The van der Waals surface area contributed by atoms with Crippen molar-refractivity contribution in [2.24, 2.45) is 5.73 Å². The van der Waals surface area contributed by atoms with Gasteiger partial charge in [0.05, 0.1) is 10.5 Å². The lowest BCUT2D eigenvalue weighted by atomic mass is 10.0. The van der Waals surface area contributed by atoms with Gasteiger partial charge in [0, 0.05) is 11.6 Å². The average molecular weight is 224 g/mol. The van der Waals surface area contributed by atoms with Gasteiger partial charge in [-0.1, -0.05) is 0 Å². The number of aromatic hydroxyl groups is 1. The van der Waals surface area contributed by atoms with Gasteiger partial charge in [-0.05, 0) is 13.0 Å². The number of phenols is 1. The number of primary amides is 1. The van der Waals surface area contributed by atoms with Gasteiger partial charge < -0.3 is 10.8 Å². The van der Waals surface area contributed by atoms with Crippen LogP contribution in [0.2, 0.25) is 0 Å². The molecule has 0 atom stereocenters. The lowest BCUT2D eigenvalue weighted by Gasteiger charge is -2.03. The predicted molar refractivity (Wildman–Crippen MR) is 53.3 cm³/mol. The van der Waals surface area contributed by atoms with Crippen LogP contribution >= 0.6 is 0 Å². The molecule has 0 spiro atoms. The molecule has 1 aromatic carbocycles. The maximum atomic E-state index is 11.0. The molecule has 3 N–H and O–H groups in total. The number of nitrogens with zero attached hydrogens (tertiary/aromatic N) is 1. The van der Waals surface area contributed by atoms with Crippen LogP contribution in [0.3, 0.4) is 0 Å². The number of amides is 1. The Kier molecular flexibility index (Phi) is 2.89. The molecule has 0 aliphatic heterocycles. The molecular formula is C9H8N2O5. The van der Waals surface area contributed by atoms with E-state index in [9.17, 15) is 24.8 Å². The summed E-state index contributed by atoms with van der Waals surface area (Å²) in [5.74, 6) is -2.34. The van der Waals surface area contributed by atoms with Gasteiger partial charge in [0.2, 0.25) is 5.75 Å². The molecule has 0 aliphatic rings. The highest BCUT2D eigenvalue weighted by Gasteiger charge is 2.22. The zero-order valence-electron chi connectivity index (χ0n) is 8.26. The van der Waals surface area contributed by atoms with Crippen LogP contribution in [-0.4, -0.2) is 21.7 Å². The molecule has 0 bridgehead atoms. The van der Waals surface area contributed by atoms with E-state index >= 15 is 0 Å². The first kappa shape index (κ1) is 11.6. The summed E-state index contributed by atoms with van der Waals surface area (Å²) in [6.45, 7) is 1.18. The van der Waals surface area contributed by atoms with E-state index in [1.54, 1.807) is 0 Å². The molecule has 84 valence electrons. The van der Waals surface area contributed by atoms with E-state index in [0.717, 1.165) is 12.1 Å². The van der Waals surface area contributed by atoms with Crippen LogP contribution in [-0.2, 0) is 0 Å². The smallest absolute Gasteiger partial charge is 0.312 e. The van der Waals surface area contributed by atoms with Crippen LogP contribution in [0.15, 0.2) is 12.1 Å². The van der Waals surface area contributed by atoms with Gasteiger partial charge in [-0.2, -0.15) is 0 Å². The van der Waals surface area contributed by atoms with Gasteiger partial charge in [0.15, 0.2) is 5.78 Å². The van der Waals surface area contributed by atoms with Crippen LogP contribution in [0.5, 0.6) is 5.75 Å². The number of hydrogen-bond donors (Lipinski definition) is 2. The molecule has 0 heterocycles. The van der Waals surface area contributed by atoms with E-state index in [-0.39, 0.29) is 5.56 Å². The molecule has 16 heavy (non-hydrogen) atoms. The fourth-order valence-corrected chi connectivity index (χ4v) is 1.15. The molecule has 0 aromatic heterocycles. The third kappa shape index (κ3) is 1.97. The molecule has 0 saturated carbocycles. The van der Waals surface area contributed by atoms with Crippen molar-refractivity contribution >= 4 is 17.4 Å². The van der Waals surface area contributed by atoms with Gasteiger partial charge in [-0.25, -0.2) is 0 Å². The number of carbonyl (C=O) groups excluding carboxylic acids is 2. The number of hydrogen-bond acceptors (Lipinski definition) is 5. The monoisotopic (exact) mass is 224 g/mol. The largest absolute Gasteiger partial charge is 0.502 e. The second-order valence-electron chi connectivity index (χ2n) is 3.07. The summed E-state index contributed by atoms with van der Waals surface area (Å²) in [6.07, 6.45) is 0. The zero-order valence-corrected chi connectivity index (χ0v) is 8.26. The van der Waals surface area contributed by atoms with E-state index < -0.39 is 33.6 Å². The zero-order chi connectivity index (χ0) is 12.5. The molecule has 7 nitrogen and oxygen atoms in total. The first-order valence-corrected chi connectivity index (χ1v) is 4.16. The Bertz CT molecular complexity index is 460. The van der Waals surface area contributed by atoms with Crippen LogP contribution in [0.1, 0.15) is 27.6 Å². The SMILES string of the molecule is CC(=O)c1cc(C(N)=O)c(O)c([N+](=O)[O-])c1. The summed E-state index contributed by atoms with van der Waals surface area (Å²) < 4.78 is 0. The summed E-state index contributed by atoms with van der Waals surface area (Å²) in [4.78, 5) is 31.6. The minimum atomic E-state index is -1.04. The molecule has 1 aromatic rings. The van der Waals surface area contributed by atoms with E-state index in [4.69, 9.17) is 5.73 Å². The molecule has 1 amide bonds. The molecule has 0 saturated heterocycles. The van der Waals surface area contributed by atoms with Crippen molar-refractivity contribution in [3.8, 4) is 5.75 Å². The topological polar surface area (TPSA) is 124 Å². The van der Waals surface area contributed by atoms with E-state index in [2.05, 4.69) is 0 Å². The number of nitro benzene ring substituents is 1. The number of carbonyl (C=O) groups is 2. The van der Waals surface area contributed by atoms with Crippen molar-refractivity contribution in [1.82, 2.24) is 0 Å². The number of nitro groups is 1. The molecule has 7 heteroatoms. The third-order valence-electron chi connectivity index (χ3n) is 1.96. The maximum Gasteiger partial charge on any atom is 0.312 e. The first-order chi connectivity index (χ1) is 7.34. The fraction of sp³-hybridized carbons (Fsp3) is 0.111. The summed E-state index contributed by atoms with van der Waals surface area (Å²) in [6, 6.07) is 1.91. The summed E-state index contributed by atoms with van der Waals surface area (Å²) in [5, 5.41) is 19.9. The van der Waals surface area contributed by atoms with E-state index in [1.807, 2.05) is 0 Å². The van der Waals surface area contributed by atoms with Crippen LogP contribution in [0.4, 0.5) is 5.69 Å². The number of benzene rings is 1. The van der Waals surface area contributed by atoms with E-state index in [1.165, 1.54) is 6.92 Å². The van der Waals surface area contributed by atoms with Crippen molar-refractivity contribution in [2.75, 3.05) is 0 Å². The van der Waals surface area contributed by atoms with Crippen molar-refractivity contribution in [3.63, 3.8) is 0 Å². The number of ketones is 1. The average Bonchev–Trinajstić information content (AvgIpc) is 2.16. The highest BCUT2D eigenvalue weighted by molar-refractivity contribution is 6.02. The van der Waals surface area contributed by atoms with Crippen molar-refractivity contribution in [2.45, 2.75) is 6.92 Å². The summed E-state index contributed by atoms with van der Waals surface area (Å²) >= 11 is 0. The second-order valence-corrected chi connectivity index (χ2v) is 3.07. The van der Waals surface area contributed by atoms with Gasteiger partial charge in [0.1, 0.15) is 0 Å². The lowest BCUT2D eigenvalue weighted by Crippen LogP contribution is -2.13. The Morgan fingerprint density at radius 3 is 2.38 bits per heavy atom. The first-order valence-electron chi connectivity index (χ1n) is 4.16. The minimum absolute atomic E-state index is 0.0571. The third-order valence-corrected chi connectivity index (χ3v) is 1.96. The molecule has 0 aliphatic carbocycles. The summed E-state index contributed by atoms with van der Waals surface area (Å²) in [7, 11) is 0. The van der Waals surface area contributed by atoms with Crippen molar-refractivity contribution in [1.29, 1.82) is 0 Å². The number of nitrogens with two attached hydrogens (primary N) is 1. The van der Waals surface area contributed by atoms with Gasteiger partial charge in [-0.15, -0.1) is 0 Å². The molecule has 0 radical (unpaired) electrons. The van der Waals surface area contributed by atoms with E-state index in [0.29, 0.717) is 0 Å². The second kappa shape index (κ2) is 3.97. The van der Waals surface area contributed by atoms with Crippen LogP contribution in [0, 0.1) is 10.1 Å². The Balaban J connectivity index is 3.57. The normalized spacial score (nSPS) is 9.81. The Morgan fingerprint density at radius 1 is 1.44 bits per heavy atom. The fourth-order valence-electron chi connectivity index (χ4n) is 1.15. The summed E-state index contributed by atoms with van der Waals surface area (Å²) in [5.41, 5.74) is 3.70. The number of rotatable bonds is 3. The molecular weight excluding hydrogens is 216 g/mol. The van der Waals surface area contributed by atoms with Gasteiger partial charge in [-0.3, -0.25) is 19.7 Å². The molecule has 1 rings (SSSR count). The predicted octanol–water partition coefficient (Wildman–Crippen LogP) is 0.602. The quantitative estimate of drug-likeness (QED) is 0.442. The van der Waals surface area contributed by atoms with Crippen molar-refractivity contribution in [3.05, 3.63) is 33.4 Å². The number of Topliss-reactive ketones (excluding diaryl/α,β-unsaturated/α-hetero) is 1. The van der Waals surface area contributed by atoms with Gasteiger partial charge in [0.25, 0.3) is 5.91 Å². The van der Waals surface area contributed by atoms with Crippen LogP contribution in [0.25, 0.3) is 0 Å². The Hall–Kier alpha value is -2.44. The highest BCUT2D eigenvalue weighted by atomic mass is 16.6. The Morgan fingerprint density at radius 2 is 2.00 bits per heavy atom.